The number of benzene rings is 1. The van der Waals surface area contributed by atoms with Crippen LogP contribution in [0.15, 0.2) is 12.1 Å². The van der Waals surface area contributed by atoms with E-state index < -0.39 is 6.10 Å². The van der Waals surface area contributed by atoms with Gasteiger partial charge in [-0.2, -0.15) is 0 Å². The smallest absolute Gasteiger partial charge is 0.128 e. The molecule has 124 valence electrons. The average molecular weight is 327 g/mol. The highest BCUT2D eigenvalue weighted by Crippen LogP contribution is 2.38. The third-order valence-electron chi connectivity index (χ3n) is 4.44. The van der Waals surface area contributed by atoms with E-state index in [-0.39, 0.29) is 12.0 Å². The predicted octanol–water partition coefficient (Wildman–Crippen LogP) is 2.80. The SMILES string of the molecule is COc1c(C(C)C)cc(Cl)cc1C(O)C(C)N1CCNCC1. The van der Waals surface area contributed by atoms with Crippen LogP contribution < -0.4 is 10.1 Å². The Morgan fingerprint density at radius 2 is 1.77 bits per heavy atom. The predicted molar refractivity (Wildman–Crippen MR) is 91.0 cm³/mol. The van der Waals surface area contributed by atoms with E-state index in [1.54, 1.807) is 7.11 Å². The molecule has 1 aliphatic rings. The van der Waals surface area contributed by atoms with Gasteiger partial charge in [0.15, 0.2) is 0 Å². The van der Waals surface area contributed by atoms with Gasteiger partial charge in [-0.15, -0.1) is 0 Å². The third kappa shape index (κ3) is 3.74. The maximum atomic E-state index is 10.9. The second-order valence-corrected chi connectivity index (χ2v) is 6.68. The minimum Gasteiger partial charge on any atom is -0.496 e. The van der Waals surface area contributed by atoms with Crippen LogP contribution in [0.3, 0.4) is 0 Å². The molecule has 1 fully saturated rings. The van der Waals surface area contributed by atoms with Gasteiger partial charge in [0.25, 0.3) is 0 Å². The monoisotopic (exact) mass is 326 g/mol. The number of nitrogens with one attached hydrogen (secondary N) is 1. The lowest BCUT2D eigenvalue weighted by atomic mass is 9.94. The van der Waals surface area contributed by atoms with Crippen molar-refractivity contribution in [2.75, 3.05) is 33.3 Å². The first kappa shape index (κ1) is 17.5. The maximum absolute atomic E-state index is 10.9. The summed E-state index contributed by atoms with van der Waals surface area (Å²) in [5.74, 6) is 1.04. The van der Waals surface area contributed by atoms with Gasteiger partial charge in [0, 0.05) is 42.8 Å². The molecule has 0 aliphatic carbocycles. The highest BCUT2D eigenvalue weighted by molar-refractivity contribution is 6.30. The van der Waals surface area contributed by atoms with Crippen molar-refractivity contribution in [1.82, 2.24) is 10.2 Å². The maximum Gasteiger partial charge on any atom is 0.128 e. The summed E-state index contributed by atoms with van der Waals surface area (Å²) in [4.78, 5) is 2.30. The summed E-state index contributed by atoms with van der Waals surface area (Å²) >= 11 is 6.27. The van der Waals surface area contributed by atoms with E-state index in [2.05, 4.69) is 31.0 Å². The van der Waals surface area contributed by atoms with Gasteiger partial charge in [-0.25, -0.2) is 0 Å². The van der Waals surface area contributed by atoms with Crippen LogP contribution in [-0.2, 0) is 0 Å². The molecule has 1 heterocycles. The van der Waals surface area contributed by atoms with Gasteiger partial charge in [0.2, 0.25) is 0 Å². The molecule has 0 spiro atoms. The van der Waals surface area contributed by atoms with Crippen LogP contribution in [0, 0.1) is 0 Å². The molecule has 1 saturated heterocycles. The van der Waals surface area contributed by atoms with Gasteiger partial charge in [0.1, 0.15) is 5.75 Å². The molecule has 0 radical (unpaired) electrons. The first-order valence-corrected chi connectivity index (χ1v) is 8.33. The Kier molecular flexibility index (Phi) is 6.09. The molecule has 0 amide bonds. The first-order chi connectivity index (χ1) is 10.5. The number of ether oxygens (including phenoxy) is 1. The van der Waals surface area contributed by atoms with E-state index in [0.29, 0.717) is 5.02 Å². The molecule has 5 heteroatoms. The highest BCUT2D eigenvalue weighted by Gasteiger charge is 2.28. The molecule has 1 aromatic rings. The number of rotatable bonds is 5. The zero-order valence-electron chi connectivity index (χ0n) is 13.9. The van der Waals surface area contributed by atoms with Crippen molar-refractivity contribution in [2.45, 2.75) is 38.8 Å². The van der Waals surface area contributed by atoms with Crippen molar-refractivity contribution in [3.05, 3.63) is 28.3 Å². The van der Waals surface area contributed by atoms with Crippen molar-refractivity contribution in [3.8, 4) is 5.75 Å². The minimum absolute atomic E-state index is 0.0227. The highest BCUT2D eigenvalue weighted by atomic mass is 35.5. The Morgan fingerprint density at radius 3 is 2.32 bits per heavy atom. The summed E-state index contributed by atoms with van der Waals surface area (Å²) < 4.78 is 5.60. The van der Waals surface area contributed by atoms with Gasteiger partial charge in [-0.1, -0.05) is 25.4 Å². The standard InChI is InChI=1S/C17H27ClN2O2/c1-11(2)14-9-13(18)10-15(17(14)22-4)16(21)12(3)20-7-5-19-6-8-20/h9-12,16,19,21H,5-8H2,1-4H3. The van der Waals surface area contributed by atoms with Crippen molar-refractivity contribution >= 4 is 11.6 Å². The van der Waals surface area contributed by atoms with E-state index in [1.165, 1.54) is 0 Å². The van der Waals surface area contributed by atoms with E-state index in [9.17, 15) is 5.11 Å². The summed E-state index contributed by atoms with van der Waals surface area (Å²) in [7, 11) is 1.65. The largest absolute Gasteiger partial charge is 0.496 e. The van der Waals surface area contributed by atoms with E-state index in [4.69, 9.17) is 16.3 Å². The fourth-order valence-electron chi connectivity index (χ4n) is 3.07. The van der Waals surface area contributed by atoms with Crippen LogP contribution in [0.25, 0.3) is 0 Å². The number of hydrogen-bond donors (Lipinski definition) is 2. The Balaban J connectivity index is 2.33. The molecule has 4 nitrogen and oxygen atoms in total. The van der Waals surface area contributed by atoms with Crippen molar-refractivity contribution < 1.29 is 9.84 Å². The van der Waals surface area contributed by atoms with Gasteiger partial charge in [-0.05, 0) is 30.5 Å². The molecule has 1 aliphatic heterocycles. The summed E-state index contributed by atoms with van der Waals surface area (Å²) in [6.45, 7) is 10.1. The number of nitrogens with zero attached hydrogens (tertiary/aromatic N) is 1. The van der Waals surface area contributed by atoms with E-state index in [0.717, 1.165) is 43.1 Å². The van der Waals surface area contributed by atoms with Crippen LogP contribution >= 0.6 is 11.6 Å². The summed E-state index contributed by atoms with van der Waals surface area (Å²) in [6, 6.07) is 3.78. The Labute approximate surface area is 138 Å². The molecule has 2 atom stereocenters. The summed E-state index contributed by atoms with van der Waals surface area (Å²) in [5.41, 5.74) is 1.82. The lowest BCUT2D eigenvalue weighted by Crippen LogP contribution is -2.49. The van der Waals surface area contributed by atoms with Gasteiger partial charge < -0.3 is 15.2 Å². The van der Waals surface area contributed by atoms with Crippen LogP contribution in [0.1, 0.15) is 43.9 Å². The lowest BCUT2D eigenvalue weighted by Gasteiger charge is -2.36. The zero-order chi connectivity index (χ0) is 16.3. The van der Waals surface area contributed by atoms with E-state index in [1.807, 2.05) is 12.1 Å². The molecule has 0 bridgehead atoms. The van der Waals surface area contributed by atoms with E-state index >= 15 is 0 Å². The van der Waals surface area contributed by atoms with Crippen molar-refractivity contribution in [2.24, 2.45) is 0 Å². The van der Waals surface area contributed by atoms with Crippen LogP contribution in [0.2, 0.25) is 5.02 Å². The number of aliphatic hydroxyl groups excluding tert-OH is 1. The molecule has 2 N–H and O–H groups in total. The second-order valence-electron chi connectivity index (χ2n) is 6.24. The number of piperazine rings is 1. The fourth-order valence-corrected chi connectivity index (χ4v) is 3.30. The Hall–Kier alpha value is -0.810. The molecule has 1 aromatic carbocycles. The molecule has 22 heavy (non-hydrogen) atoms. The molecule has 2 rings (SSSR count). The Morgan fingerprint density at radius 1 is 1.18 bits per heavy atom. The molecule has 2 unspecified atom stereocenters. The van der Waals surface area contributed by atoms with Crippen LogP contribution in [0.4, 0.5) is 0 Å². The van der Waals surface area contributed by atoms with Gasteiger partial charge in [-0.3, -0.25) is 4.90 Å². The quantitative estimate of drug-likeness (QED) is 0.873. The topological polar surface area (TPSA) is 44.7 Å². The lowest BCUT2D eigenvalue weighted by molar-refractivity contribution is 0.0494. The van der Waals surface area contributed by atoms with Crippen LogP contribution in [0.5, 0.6) is 5.75 Å². The average Bonchev–Trinajstić information content (AvgIpc) is 2.53. The fraction of sp³-hybridized carbons (Fsp3) is 0.647. The number of halogens is 1. The zero-order valence-corrected chi connectivity index (χ0v) is 14.7. The Bertz CT molecular complexity index is 502. The van der Waals surface area contributed by atoms with Gasteiger partial charge in [0.05, 0.1) is 13.2 Å². The normalized spacial score (nSPS) is 19.2. The van der Waals surface area contributed by atoms with Crippen molar-refractivity contribution in [1.29, 1.82) is 0 Å². The molecular weight excluding hydrogens is 300 g/mol. The summed E-state index contributed by atoms with van der Waals surface area (Å²) in [5, 5.41) is 14.9. The first-order valence-electron chi connectivity index (χ1n) is 7.95. The number of methoxy groups -OCH3 is 1. The number of aliphatic hydroxyl groups is 1. The second kappa shape index (κ2) is 7.64. The number of hydrogen-bond acceptors (Lipinski definition) is 4. The third-order valence-corrected chi connectivity index (χ3v) is 4.66. The van der Waals surface area contributed by atoms with Crippen molar-refractivity contribution in [3.63, 3.8) is 0 Å². The summed E-state index contributed by atoms with van der Waals surface area (Å²) in [6.07, 6.45) is -0.621. The molecular formula is C17H27ClN2O2. The minimum atomic E-state index is -0.621. The van der Waals surface area contributed by atoms with Gasteiger partial charge >= 0.3 is 0 Å². The molecule has 0 saturated carbocycles. The molecule has 0 aromatic heterocycles. The van der Waals surface area contributed by atoms with Crippen LogP contribution in [-0.4, -0.2) is 49.3 Å².